The largest absolute Gasteiger partial charge is 0.381 e. The molecule has 0 atom stereocenters. The van der Waals surface area contributed by atoms with E-state index in [4.69, 9.17) is 4.74 Å². The van der Waals surface area contributed by atoms with Gasteiger partial charge in [0.2, 0.25) is 0 Å². The molecular weight excluding hydrogens is 294 g/mol. The van der Waals surface area contributed by atoms with E-state index in [1.54, 1.807) is 12.1 Å². The second kappa shape index (κ2) is 4.81. The van der Waals surface area contributed by atoms with Crippen LogP contribution in [0.15, 0.2) is 27.8 Å². The third-order valence-corrected chi connectivity index (χ3v) is 5.72. The molecule has 2 heterocycles. The van der Waals surface area contributed by atoms with Crippen molar-refractivity contribution in [1.29, 1.82) is 0 Å². The van der Waals surface area contributed by atoms with Gasteiger partial charge in [-0.2, -0.15) is 0 Å². The molecule has 0 aliphatic carbocycles. The van der Waals surface area contributed by atoms with Gasteiger partial charge in [0.25, 0.3) is 0 Å². The van der Waals surface area contributed by atoms with Crippen LogP contribution in [0.4, 0.5) is 0 Å². The molecule has 1 aliphatic rings. The molecule has 16 heavy (non-hydrogen) atoms. The summed E-state index contributed by atoms with van der Waals surface area (Å²) < 4.78 is 30.2. The first kappa shape index (κ1) is 12.0. The summed E-state index contributed by atoms with van der Waals surface area (Å²) in [6.45, 7) is 1.02. The Morgan fingerprint density at radius 3 is 2.69 bits per heavy atom. The SMILES string of the molecule is O=S(=O)(c1ncccc1Br)C1CCOCC1. The maximum Gasteiger partial charge on any atom is 0.199 e. The Kier molecular flexibility index (Phi) is 3.61. The Morgan fingerprint density at radius 2 is 2.06 bits per heavy atom. The molecule has 4 nitrogen and oxygen atoms in total. The Morgan fingerprint density at radius 1 is 1.38 bits per heavy atom. The molecular formula is C10H12BrNO3S. The van der Waals surface area contributed by atoms with Gasteiger partial charge in [0, 0.05) is 19.4 Å². The predicted molar refractivity (Wildman–Crippen MR) is 63.0 cm³/mol. The molecule has 0 bridgehead atoms. The average Bonchev–Trinajstić information content (AvgIpc) is 2.30. The van der Waals surface area contributed by atoms with Crippen molar-refractivity contribution in [2.45, 2.75) is 23.1 Å². The number of nitrogens with zero attached hydrogens (tertiary/aromatic N) is 1. The molecule has 0 spiro atoms. The standard InChI is InChI=1S/C10H12BrNO3S/c11-9-2-1-5-12-10(9)16(13,14)8-3-6-15-7-4-8/h1-2,5,8H,3-4,6-7H2. The van der Waals surface area contributed by atoms with Gasteiger partial charge in [-0.1, -0.05) is 0 Å². The minimum absolute atomic E-state index is 0.141. The molecule has 1 aromatic heterocycles. The summed E-state index contributed by atoms with van der Waals surface area (Å²) in [7, 11) is -3.33. The van der Waals surface area contributed by atoms with E-state index in [9.17, 15) is 8.42 Å². The smallest absolute Gasteiger partial charge is 0.199 e. The third-order valence-electron chi connectivity index (χ3n) is 2.60. The zero-order valence-corrected chi connectivity index (χ0v) is 11.0. The molecule has 0 radical (unpaired) electrons. The molecule has 2 rings (SSSR count). The van der Waals surface area contributed by atoms with Crippen LogP contribution >= 0.6 is 15.9 Å². The van der Waals surface area contributed by atoms with Gasteiger partial charge in [0.15, 0.2) is 14.9 Å². The van der Waals surface area contributed by atoms with Crippen molar-refractivity contribution < 1.29 is 13.2 Å². The first-order chi connectivity index (χ1) is 7.62. The fraction of sp³-hybridized carbons (Fsp3) is 0.500. The number of hydrogen-bond donors (Lipinski definition) is 0. The van der Waals surface area contributed by atoms with Gasteiger partial charge >= 0.3 is 0 Å². The first-order valence-corrected chi connectivity index (χ1v) is 7.38. The fourth-order valence-corrected chi connectivity index (χ4v) is 4.33. The molecule has 0 unspecified atom stereocenters. The quantitative estimate of drug-likeness (QED) is 0.836. The number of pyridine rings is 1. The minimum atomic E-state index is -3.33. The molecule has 0 N–H and O–H groups in total. The van der Waals surface area contributed by atoms with E-state index in [1.165, 1.54) is 6.20 Å². The predicted octanol–water partition coefficient (Wildman–Crippen LogP) is 1.80. The van der Waals surface area contributed by atoms with E-state index in [0.29, 0.717) is 30.5 Å². The molecule has 6 heteroatoms. The van der Waals surface area contributed by atoms with Crippen LogP contribution in [-0.4, -0.2) is 31.9 Å². The molecule has 1 saturated heterocycles. The number of aromatic nitrogens is 1. The monoisotopic (exact) mass is 305 g/mol. The first-order valence-electron chi connectivity index (χ1n) is 5.04. The minimum Gasteiger partial charge on any atom is -0.381 e. The lowest BCUT2D eigenvalue weighted by molar-refractivity contribution is 0.0983. The summed E-state index contributed by atoms with van der Waals surface area (Å²) in [5.74, 6) is 0. The summed E-state index contributed by atoms with van der Waals surface area (Å²) in [4.78, 5) is 3.95. The lowest BCUT2D eigenvalue weighted by atomic mass is 10.2. The lowest BCUT2D eigenvalue weighted by Crippen LogP contribution is -2.29. The number of halogens is 1. The summed E-state index contributed by atoms with van der Waals surface area (Å²) in [5.41, 5.74) is 0. The van der Waals surface area contributed by atoms with Gasteiger partial charge in [-0.3, -0.25) is 0 Å². The highest BCUT2D eigenvalue weighted by Gasteiger charge is 2.31. The van der Waals surface area contributed by atoms with Crippen molar-refractivity contribution in [1.82, 2.24) is 4.98 Å². The van der Waals surface area contributed by atoms with Crippen molar-refractivity contribution in [3.8, 4) is 0 Å². The molecule has 0 amide bonds. The number of sulfone groups is 1. The molecule has 1 aliphatic heterocycles. The molecule has 1 fully saturated rings. The van der Waals surface area contributed by atoms with Crippen LogP contribution in [0, 0.1) is 0 Å². The molecule has 88 valence electrons. The number of hydrogen-bond acceptors (Lipinski definition) is 4. The van der Waals surface area contributed by atoms with Crippen LogP contribution in [0.25, 0.3) is 0 Å². The number of ether oxygens (including phenoxy) is 1. The molecule has 1 aromatic rings. The van der Waals surface area contributed by atoms with Gasteiger partial charge in [0.05, 0.1) is 9.72 Å². The van der Waals surface area contributed by atoms with Crippen LogP contribution in [0.3, 0.4) is 0 Å². The van der Waals surface area contributed by atoms with Crippen LogP contribution in [0.5, 0.6) is 0 Å². The summed E-state index contributed by atoms with van der Waals surface area (Å²) in [6.07, 6.45) is 2.59. The summed E-state index contributed by atoms with van der Waals surface area (Å²) in [6, 6.07) is 3.40. The molecule has 0 aromatic carbocycles. The van der Waals surface area contributed by atoms with E-state index in [2.05, 4.69) is 20.9 Å². The van der Waals surface area contributed by atoms with E-state index in [0.717, 1.165) is 0 Å². The van der Waals surface area contributed by atoms with Crippen LogP contribution in [0.1, 0.15) is 12.8 Å². The van der Waals surface area contributed by atoms with Crippen molar-refractivity contribution >= 4 is 25.8 Å². The van der Waals surface area contributed by atoms with E-state index in [-0.39, 0.29) is 10.3 Å². The normalized spacial score (nSPS) is 18.6. The van der Waals surface area contributed by atoms with Gasteiger partial charge in [0.1, 0.15) is 0 Å². The van der Waals surface area contributed by atoms with Gasteiger partial charge < -0.3 is 4.74 Å². The zero-order chi connectivity index (χ0) is 11.6. The second-order valence-electron chi connectivity index (χ2n) is 3.65. The Hall–Kier alpha value is -0.460. The van der Waals surface area contributed by atoms with E-state index in [1.807, 2.05) is 0 Å². The highest BCUT2D eigenvalue weighted by molar-refractivity contribution is 9.10. The van der Waals surface area contributed by atoms with Crippen LogP contribution in [0.2, 0.25) is 0 Å². The average molecular weight is 306 g/mol. The topological polar surface area (TPSA) is 56.3 Å². The fourth-order valence-electron chi connectivity index (χ4n) is 1.72. The Labute approximate surface area is 103 Å². The van der Waals surface area contributed by atoms with Crippen molar-refractivity contribution in [3.05, 3.63) is 22.8 Å². The zero-order valence-electron chi connectivity index (χ0n) is 8.60. The van der Waals surface area contributed by atoms with E-state index >= 15 is 0 Å². The van der Waals surface area contributed by atoms with Crippen LogP contribution < -0.4 is 0 Å². The second-order valence-corrected chi connectivity index (χ2v) is 6.64. The van der Waals surface area contributed by atoms with Gasteiger partial charge in [-0.15, -0.1) is 0 Å². The number of rotatable bonds is 2. The van der Waals surface area contributed by atoms with Crippen molar-refractivity contribution in [3.63, 3.8) is 0 Å². The molecule has 0 saturated carbocycles. The van der Waals surface area contributed by atoms with Crippen molar-refractivity contribution in [2.75, 3.05) is 13.2 Å². The Bertz CT molecular complexity index is 469. The Balaban J connectivity index is 2.35. The highest BCUT2D eigenvalue weighted by Crippen LogP contribution is 2.27. The van der Waals surface area contributed by atoms with Gasteiger partial charge in [-0.05, 0) is 40.9 Å². The summed E-state index contributed by atoms with van der Waals surface area (Å²) >= 11 is 3.23. The third kappa shape index (κ3) is 2.28. The van der Waals surface area contributed by atoms with Crippen molar-refractivity contribution in [2.24, 2.45) is 0 Å². The maximum atomic E-state index is 12.3. The van der Waals surface area contributed by atoms with E-state index < -0.39 is 9.84 Å². The van der Waals surface area contributed by atoms with Crippen LogP contribution in [-0.2, 0) is 14.6 Å². The maximum absolute atomic E-state index is 12.3. The van der Waals surface area contributed by atoms with Gasteiger partial charge in [-0.25, -0.2) is 13.4 Å². The highest BCUT2D eigenvalue weighted by atomic mass is 79.9. The summed E-state index contributed by atoms with van der Waals surface area (Å²) in [5, 5.41) is -0.227. The lowest BCUT2D eigenvalue weighted by Gasteiger charge is -2.21.